The van der Waals surface area contributed by atoms with E-state index in [2.05, 4.69) is 37.1 Å². The van der Waals surface area contributed by atoms with E-state index in [4.69, 9.17) is 0 Å². The number of nitrogens with one attached hydrogen (secondary N) is 2. The SMILES string of the molecule is CC(=Cn1nnc2ccccc21)NNC(=O)c1ccc(Br)cc1. The van der Waals surface area contributed by atoms with Gasteiger partial charge in [-0.15, -0.1) is 5.10 Å². The van der Waals surface area contributed by atoms with Crippen molar-refractivity contribution in [1.82, 2.24) is 25.8 Å². The van der Waals surface area contributed by atoms with Crippen molar-refractivity contribution in [2.24, 2.45) is 0 Å². The Morgan fingerprint density at radius 1 is 1.13 bits per heavy atom. The Morgan fingerprint density at radius 3 is 2.65 bits per heavy atom. The molecule has 0 unspecified atom stereocenters. The first kappa shape index (κ1) is 15.2. The van der Waals surface area contributed by atoms with Gasteiger partial charge >= 0.3 is 0 Å². The summed E-state index contributed by atoms with van der Waals surface area (Å²) in [7, 11) is 0. The van der Waals surface area contributed by atoms with Gasteiger partial charge in [0.2, 0.25) is 0 Å². The van der Waals surface area contributed by atoms with Crippen LogP contribution in [0.4, 0.5) is 0 Å². The number of carbonyl (C=O) groups excluding carboxylic acids is 1. The fourth-order valence-corrected chi connectivity index (χ4v) is 2.29. The number of halogens is 1. The minimum absolute atomic E-state index is 0.214. The lowest BCUT2D eigenvalue weighted by atomic mass is 10.2. The van der Waals surface area contributed by atoms with Crippen molar-refractivity contribution in [2.75, 3.05) is 0 Å². The molecule has 2 aromatic carbocycles. The topological polar surface area (TPSA) is 71.8 Å². The standard InChI is InChI=1S/C16H14BrN5O/c1-11(10-22-15-5-3-2-4-14(15)19-21-22)18-20-16(23)12-6-8-13(17)9-7-12/h2-10,18H,1H3,(H,20,23). The van der Waals surface area contributed by atoms with Crippen molar-refractivity contribution in [3.05, 3.63) is 64.3 Å². The monoisotopic (exact) mass is 371 g/mol. The quantitative estimate of drug-likeness (QED) is 0.691. The summed E-state index contributed by atoms with van der Waals surface area (Å²) in [5.74, 6) is -0.214. The lowest BCUT2D eigenvalue weighted by molar-refractivity contribution is 0.0939. The molecule has 3 rings (SSSR count). The minimum atomic E-state index is -0.214. The van der Waals surface area contributed by atoms with Crippen LogP contribution in [0.5, 0.6) is 0 Å². The number of allylic oxidation sites excluding steroid dienone is 1. The van der Waals surface area contributed by atoms with E-state index in [1.54, 1.807) is 23.0 Å². The van der Waals surface area contributed by atoms with Crippen molar-refractivity contribution in [3.63, 3.8) is 0 Å². The summed E-state index contributed by atoms with van der Waals surface area (Å²) in [6.07, 6.45) is 1.76. The number of hydrogen-bond donors (Lipinski definition) is 2. The number of hydrogen-bond acceptors (Lipinski definition) is 4. The van der Waals surface area contributed by atoms with E-state index in [-0.39, 0.29) is 5.91 Å². The highest BCUT2D eigenvalue weighted by atomic mass is 79.9. The van der Waals surface area contributed by atoms with Gasteiger partial charge in [-0.3, -0.25) is 10.2 Å². The molecule has 6 nitrogen and oxygen atoms in total. The Hall–Kier alpha value is -2.67. The molecular weight excluding hydrogens is 358 g/mol. The van der Waals surface area contributed by atoms with Crippen LogP contribution < -0.4 is 10.9 Å². The van der Waals surface area contributed by atoms with E-state index in [1.165, 1.54) is 0 Å². The van der Waals surface area contributed by atoms with Crippen LogP contribution in [-0.4, -0.2) is 20.9 Å². The molecule has 116 valence electrons. The Kier molecular flexibility index (Phi) is 4.38. The summed E-state index contributed by atoms with van der Waals surface area (Å²) in [6.45, 7) is 1.83. The van der Waals surface area contributed by atoms with Crippen LogP contribution in [-0.2, 0) is 0 Å². The molecule has 0 aliphatic heterocycles. The number of fused-ring (bicyclic) bond motifs is 1. The highest BCUT2D eigenvalue weighted by molar-refractivity contribution is 9.10. The van der Waals surface area contributed by atoms with Gasteiger partial charge in [-0.25, -0.2) is 4.68 Å². The van der Waals surface area contributed by atoms with Crippen LogP contribution in [0.1, 0.15) is 17.3 Å². The van der Waals surface area contributed by atoms with Crippen molar-refractivity contribution in [1.29, 1.82) is 0 Å². The average molecular weight is 372 g/mol. The molecule has 0 saturated heterocycles. The Morgan fingerprint density at radius 2 is 1.87 bits per heavy atom. The van der Waals surface area contributed by atoms with E-state index in [1.807, 2.05) is 43.3 Å². The zero-order valence-electron chi connectivity index (χ0n) is 12.3. The van der Waals surface area contributed by atoms with Gasteiger partial charge in [-0.1, -0.05) is 33.3 Å². The molecule has 0 atom stereocenters. The second-order valence-electron chi connectivity index (χ2n) is 4.92. The van der Waals surface area contributed by atoms with Crippen LogP contribution >= 0.6 is 15.9 Å². The molecule has 0 saturated carbocycles. The molecule has 1 aromatic heterocycles. The van der Waals surface area contributed by atoms with Gasteiger partial charge in [0.05, 0.1) is 11.7 Å². The minimum Gasteiger partial charge on any atom is -0.301 e. The van der Waals surface area contributed by atoms with Crippen molar-refractivity contribution < 1.29 is 4.79 Å². The van der Waals surface area contributed by atoms with Crippen LogP contribution in [0.25, 0.3) is 17.2 Å². The second-order valence-corrected chi connectivity index (χ2v) is 5.84. The summed E-state index contributed by atoms with van der Waals surface area (Å²) in [5.41, 5.74) is 8.51. The number of benzene rings is 2. The number of hydrazine groups is 1. The lowest BCUT2D eigenvalue weighted by Gasteiger charge is -2.09. The van der Waals surface area contributed by atoms with Gasteiger partial charge in [0.1, 0.15) is 5.52 Å². The third-order valence-corrected chi connectivity index (χ3v) is 3.70. The average Bonchev–Trinajstić information content (AvgIpc) is 2.96. The Balaban J connectivity index is 1.68. The van der Waals surface area contributed by atoms with Gasteiger partial charge in [-0.2, -0.15) is 0 Å². The summed E-state index contributed by atoms with van der Waals surface area (Å²) in [4.78, 5) is 12.0. The molecule has 2 N–H and O–H groups in total. The van der Waals surface area contributed by atoms with E-state index in [9.17, 15) is 4.79 Å². The molecule has 0 aliphatic carbocycles. The number of para-hydroxylation sites is 1. The van der Waals surface area contributed by atoms with E-state index in [0.29, 0.717) is 5.56 Å². The lowest BCUT2D eigenvalue weighted by Crippen LogP contribution is -2.36. The molecule has 1 heterocycles. The third-order valence-electron chi connectivity index (χ3n) is 3.17. The number of rotatable bonds is 4. The first-order chi connectivity index (χ1) is 11.1. The van der Waals surface area contributed by atoms with Crippen LogP contribution in [0, 0.1) is 0 Å². The number of nitrogens with zero attached hydrogens (tertiary/aromatic N) is 3. The van der Waals surface area contributed by atoms with Crippen molar-refractivity contribution in [2.45, 2.75) is 6.92 Å². The van der Waals surface area contributed by atoms with Gasteiger partial charge in [0.25, 0.3) is 5.91 Å². The van der Waals surface area contributed by atoms with E-state index < -0.39 is 0 Å². The third kappa shape index (κ3) is 3.57. The van der Waals surface area contributed by atoms with Crippen molar-refractivity contribution >= 4 is 39.1 Å². The maximum absolute atomic E-state index is 12.0. The molecule has 0 aliphatic rings. The summed E-state index contributed by atoms with van der Waals surface area (Å²) < 4.78 is 2.58. The van der Waals surface area contributed by atoms with E-state index >= 15 is 0 Å². The molecular formula is C16H14BrN5O. The van der Waals surface area contributed by atoms with Gasteiger partial charge in [0.15, 0.2) is 0 Å². The summed E-state index contributed by atoms with van der Waals surface area (Å²) in [6, 6.07) is 14.8. The van der Waals surface area contributed by atoms with Gasteiger partial charge < -0.3 is 5.43 Å². The highest BCUT2D eigenvalue weighted by Gasteiger charge is 2.05. The molecule has 0 spiro atoms. The Labute approximate surface area is 141 Å². The van der Waals surface area contributed by atoms with Crippen LogP contribution in [0.15, 0.2) is 58.7 Å². The fourth-order valence-electron chi connectivity index (χ4n) is 2.03. The molecule has 0 radical (unpaired) electrons. The predicted octanol–water partition coefficient (Wildman–Crippen LogP) is 2.95. The number of aromatic nitrogens is 3. The second kappa shape index (κ2) is 6.62. The van der Waals surface area contributed by atoms with Crippen LogP contribution in [0.3, 0.4) is 0 Å². The van der Waals surface area contributed by atoms with E-state index in [0.717, 1.165) is 21.2 Å². The summed E-state index contributed by atoms with van der Waals surface area (Å²) >= 11 is 3.34. The normalized spacial score (nSPS) is 11.5. The molecule has 0 fully saturated rings. The molecule has 0 bridgehead atoms. The zero-order valence-corrected chi connectivity index (χ0v) is 13.9. The molecule has 23 heavy (non-hydrogen) atoms. The van der Waals surface area contributed by atoms with Crippen LogP contribution in [0.2, 0.25) is 0 Å². The first-order valence-corrected chi connectivity index (χ1v) is 7.73. The maximum Gasteiger partial charge on any atom is 0.269 e. The summed E-state index contributed by atoms with van der Waals surface area (Å²) in [5, 5.41) is 8.13. The van der Waals surface area contributed by atoms with Gasteiger partial charge in [-0.05, 0) is 43.3 Å². The first-order valence-electron chi connectivity index (χ1n) is 6.94. The predicted molar refractivity (Wildman–Crippen MR) is 92.2 cm³/mol. The molecule has 7 heteroatoms. The Bertz CT molecular complexity index is 870. The zero-order chi connectivity index (χ0) is 16.2. The van der Waals surface area contributed by atoms with Crippen molar-refractivity contribution in [3.8, 4) is 0 Å². The largest absolute Gasteiger partial charge is 0.301 e. The number of carbonyl (C=O) groups is 1. The fraction of sp³-hybridized carbons (Fsp3) is 0.0625. The smallest absolute Gasteiger partial charge is 0.269 e. The van der Waals surface area contributed by atoms with Gasteiger partial charge in [0, 0.05) is 15.7 Å². The maximum atomic E-state index is 12.0. The number of amides is 1. The highest BCUT2D eigenvalue weighted by Crippen LogP contribution is 2.11. The molecule has 3 aromatic rings. The molecule has 1 amide bonds.